The number of aromatic nitrogens is 4. The van der Waals surface area contributed by atoms with Crippen molar-refractivity contribution in [1.82, 2.24) is 25.1 Å². The third-order valence-electron chi connectivity index (χ3n) is 6.76. The van der Waals surface area contributed by atoms with Crippen LogP contribution in [0.25, 0.3) is 17.3 Å². The summed E-state index contributed by atoms with van der Waals surface area (Å²) < 4.78 is 45.5. The summed E-state index contributed by atoms with van der Waals surface area (Å²) in [6.45, 7) is 0.407. The number of benzene rings is 1. The number of amides is 1. The number of aliphatic hydroxyl groups excluding tert-OH is 1. The van der Waals surface area contributed by atoms with E-state index in [-0.39, 0.29) is 24.4 Å². The van der Waals surface area contributed by atoms with Gasteiger partial charge in [-0.1, -0.05) is 23.8 Å². The molecule has 2 N–H and O–H groups in total. The SMILES string of the molecule is O=C(NC1CCC(=Cc2cccc(Oc3ccc(C(F)(F)F)cn3)c2)CC1)c1ccc(-c2cnn(CCO)c2)nc1. The summed E-state index contributed by atoms with van der Waals surface area (Å²) in [5.41, 5.74) is 3.32. The molecule has 41 heavy (non-hydrogen) atoms. The van der Waals surface area contributed by atoms with E-state index < -0.39 is 11.7 Å². The number of hydrogen-bond donors (Lipinski definition) is 2. The summed E-state index contributed by atoms with van der Waals surface area (Å²) in [6.07, 6.45) is 6.66. The first-order valence-electron chi connectivity index (χ1n) is 13.2. The van der Waals surface area contributed by atoms with E-state index in [1.807, 2.05) is 18.2 Å². The molecule has 0 spiro atoms. The van der Waals surface area contributed by atoms with Crippen LogP contribution in [-0.2, 0) is 12.7 Å². The quantitative estimate of drug-likeness (QED) is 0.277. The lowest BCUT2D eigenvalue weighted by molar-refractivity contribution is -0.137. The van der Waals surface area contributed by atoms with Crippen molar-refractivity contribution in [2.45, 2.75) is 44.4 Å². The summed E-state index contributed by atoms with van der Waals surface area (Å²) in [6, 6.07) is 13.0. The van der Waals surface area contributed by atoms with E-state index in [9.17, 15) is 18.0 Å². The highest BCUT2D eigenvalue weighted by atomic mass is 19.4. The molecule has 4 aromatic rings. The Balaban J connectivity index is 1.13. The second-order valence-electron chi connectivity index (χ2n) is 9.76. The van der Waals surface area contributed by atoms with Gasteiger partial charge >= 0.3 is 6.18 Å². The lowest BCUT2D eigenvalue weighted by Gasteiger charge is -2.25. The van der Waals surface area contributed by atoms with Crippen molar-refractivity contribution in [3.8, 4) is 22.9 Å². The molecule has 1 saturated carbocycles. The highest BCUT2D eigenvalue weighted by molar-refractivity contribution is 5.94. The minimum Gasteiger partial charge on any atom is -0.439 e. The number of alkyl halides is 3. The first kappa shape index (κ1) is 28.0. The zero-order chi connectivity index (χ0) is 28.8. The topological polar surface area (TPSA) is 102 Å². The van der Waals surface area contributed by atoms with Crippen LogP contribution in [0.5, 0.6) is 11.6 Å². The second kappa shape index (κ2) is 12.3. The molecule has 1 aliphatic rings. The molecule has 0 saturated heterocycles. The Bertz CT molecular complexity index is 1510. The fraction of sp³-hybridized carbons (Fsp3) is 0.267. The van der Waals surface area contributed by atoms with Crippen LogP contribution >= 0.6 is 0 Å². The summed E-state index contributed by atoms with van der Waals surface area (Å²) >= 11 is 0. The molecule has 0 aliphatic heterocycles. The Morgan fingerprint density at radius 3 is 2.59 bits per heavy atom. The normalized spacial score (nSPS) is 15.4. The van der Waals surface area contributed by atoms with Crippen molar-refractivity contribution in [2.75, 3.05) is 6.61 Å². The maximum Gasteiger partial charge on any atom is 0.417 e. The third kappa shape index (κ3) is 7.37. The minimum absolute atomic E-state index is 0.000831. The molecule has 0 radical (unpaired) electrons. The molecule has 3 heterocycles. The van der Waals surface area contributed by atoms with Gasteiger partial charge in [0, 0.05) is 36.3 Å². The van der Waals surface area contributed by atoms with Gasteiger partial charge in [0.15, 0.2) is 0 Å². The van der Waals surface area contributed by atoms with Crippen molar-refractivity contribution in [3.63, 3.8) is 0 Å². The van der Waals surface area contributed by atoms with E-state index in [0.29, 0.717) is 23.6 Å². The van der Waals surface area contributed by atoms with Crippen LogP contribution in [0.15, 0.2) is 78.9 Å². The number of carbonyl (C=O) groups excluding carboxylic acids is 1. The fourth-order valence-electron chi connectivity index (χ4n) is 4.60. The first-order chi connectivity index (χ1) is 19.8. The van der Waals surface area contributed by atoms with Gasteiger partial charge in [0.05, 0.1) is 36.2 Å². The molecular formula is C30H28F3N5O3. The summed E-state index contributed by atoms with van der Waals surface area (Å²) in [5, 5.41) is 16.3. The van der Waals surface area contributed by atoms with Gasteiger partial charge in [-0.3, -0.25) is 14.5 Å². The van der Waals surface area contributed by atoms with E-state index in [0.717, 1.165) is 49.1 Å². The average Bonchev–Trinajstić information content (AvgIpc) is 3.43. The monoisotopic (exact) mass is 563 g/mol. The summed E-state index contributed by atoms with van der Waals surface area (Å²) in [4.78, 5) is 20.9. The maximum absolute atomic E-state index is 12.8. The van der Waals surface area contributed by atoms with Crippen molar-refractivity contribution < 1.29 is 27.8 Å². The maximum atomic E-state index is 12.8. The molecule has 0 atom stereocenters. The molecule has 8 nitrogen and oxygen atoms in total. The van der Waals surface area contributed by atoms with Gasteiger partial charge in [-0.05, 0) is 61.6 Å². The van der Waals surface area contributed by atoms with Crippen LogP contribution in [-0.4, -0.2) is 43.4 Å². The number of halogens is 3. The zero-order valence-corrected chi connectivity index (χ0v) is 22.0. The van der Waals surface area contributed by atoms with Gasteiger partial charge in [0.2, 0.25) is 5.88 Å². The van der Waals surface area contributed by atoms with Gasteiger partial charge in [-0.25, -0.2) is 4.98 Å². The summed E-state index contributed by atoms with van der Waals surface area (Å²) in [5.74, 6) is 0.392. The van der Waals surface area contributed by atoms with Crippen LogP contribution in [0.2, 0.25) is 0 Å². The number of pyridine rings is 2. The molecule has 1 fully saturated rings. The van der Waals surface area contributed by atoms with E-state index >= 15 is 0 Å². The Labute approximate surface area is 234 Å². The third-order valence-corrected chi connectivity index (χ3v) is 6.76. The molecule has 11 heteroatoms. The standard InChI is InChI=1S/C30H28F3N5O3/c31-30(32,33)24-7-11-28(35-18-24)41-26-3-1-2-21(15-26)14-20-4-8-25(9-5-20)37-29(40)22-6-10-27(34-16-22)23-17-36-38(19-23)12-13-39/h1-3,6-7,10-11,14-19,25,39H,4-5,8-9,12-13H2,(H,37,40). The number of nitrogens with zero attached hydrogens (tertiary/aromatic N) is 4. The molecule has 212 valence electrons. The smallest absolute Gasteiger partial charge is 0.417 e. The largest absolute Gasteiger partial charge is 0.439 e. The van der Waals surface area contributed by atoms with Crippen LogP contribution in [0, 0.1) is 0 Å². The van der Waals surface area contributed by atoms with E-state index in [4.69, 9.17) is 9.84 Å². The number of ether oxygens (including phenoxy) is 1. The van der Waals surface area contributed by atoms with Gasteiger partial charge in [-0.15, -0.1) is 0 Å². The predicted molar refractivity (Wildman–Crippen MR) is 146 cm³/mol. The number of carbonyl (C=O) groups is 1. The lowest BCUT2D eigenvalue weighted by Crippen LogP contribution is -2.36. The predicted octanol–water partition coefficient (Wildman–Crippen LogP) is 5.90. The summed E-state index contributed by atoms with van der Waals surface area (Å²) in [7, 11) is 0. The molecule has 0 bridgehead atoms. The van der Waals surface area contributed by atoms with Crippen LogP contribution in [0.1, 0.15) is 47.2 Å². The van der Waals surface area contributed by atoms with Crippen molar-refractivity contribution in [2.24, 2.45) is 0 Å². The molecule has 5 rings (SSSR count). The number of hydrogen-bond acceptors (Lipinski definition) is 6. The molecule has 0 unspecified atom stereocenters. The van der Waals surface area contributed by atoms with Gasteiger partial charge in [-0.2, -0.15) is 18.3 Å². The molecule has 3 aromatic heterocycles. The Hall–Kier alpha value is -4.51. The number of aliphatic hydroxyl groups is 1. The molecule has 1 aliphatic carbocycles. The van der Waals surface area contributed by atoms with E-state index in [1.54, 1.807) is 41.5 Å². The fourth-order valence-corrected chi connectivity index (χ4v) is 4.60. The highest BCUT2D eigenvalue weighted by Crippen LogP contribution is 2.31. The van der Waals surface area contributed by atoms with Crippen LogP contribution in [0.3, 0.4) is 0 Å². The van der Waals surface area contributed by atoms with Crippen LogP contribution in [0.4, 0.5) is 13.2 Å². The van der Waals surface area contributed by atoms with Crippen LogP contribution < -0.4 is 10.1 Å². The van der Waals surface area contributed by atoms with Crippen molar-refractivity contribution in [3.05, 3.63) is 95.6 Å². The zero-order valence-electron chi connectivity index (χ0n) is 22.0. The van der Waals surface area contributed by atoms with Gasteiger partial charge in [0.25, 0.3) is 5.91 Å². The van der Waals surface area contributed by atoms with Crippen molar-refractivity contribution in [1.29, 1.82) is 0 Å². The number of rotatable bonds is 8. The molecular weight excluding hydrogens is 535 g/mol. The minimum atomic E-state index is -4.45. The highest BCUT2D eigenvalue weighted by Gasteiger charge is 2.30. The second-order valence-corrected chi connectivity index (χ2v) is 9.76. The van der Waals surface area contributed by atoms with Crippen molar-refractivity contribution >= 4 is 12.0 Å². The lowest BCUT2D eigenvalue weighted by atomic mass is 9.89. The van der Waals surface area contributed by atoms with E-state index in [2.05, 4.69) is 26.5 Å². The van der Waals surface area contributed by atoms with Gasteiger partial charge in [0.1, 0.15) is 5.75 Å². The molecule has 1 amide bonds. The number of nitrogens with one attached hydrogen (secondary N) is 1. The van der Waals surface area contributed by atoms with E-state index in [1.165, 1.54) is 11.6 Å². The average molecular weight is 564 g/mol. The Kier molecular flexibility index (Phi) is 8.44. The molecule has 1 aromatic carbocycles. The first-order valence-corrected chi connectivity index (χ1v) is 13.2. The van der Waals surface area contributed by atoms with Gasteiger partial charge < -0.3 is 15.2 Å². The Morgan fingerprint density at radius 1 is 1.07 bits per heavy atom. The number of allylic oxidation sites excluding steroid dienone is 1. The Morgan fingerprint density at radius 2 is 1.90 bits per heavy atom.